The van der Waals surface area contributed by atoms with Crippen molar-refractivity contribution in [2.24, 2.45) is 16.9 Å². The number of carboxylic acids is 1. The number of carboxylic acid groups (broad SMARTS) is 1. The minimum Gasteiger partial charge on any atom is -0.477 e. The first-order valence-corrected chi connectivity index (χ1v) is 6.20. The highest BCUT2D eigenvalue weighted by atomic mass is 16.4. The Balaban J connectivity index is 1.95. The van der Waals surface area contributed by atoms with Crippen LogP contribution in [-0.2, 0) is 4.79 Å². The smallest absolute Gasteiger partial charge is 0.351 e. The summed E-state index contributed by atoms with van der Waals surface area (Å²) in [6.07, 6.45) is 5.01. The molecule has 0 radical (unpaired) electrons. The van der Waals surface area contributed by atoms with Crippen molar-refractivity contribution in [3.05, 3.63) is 0 Å². The first-order chi connectivity index (χ1) is 8.18. The fourth-order valence-corrected chi connectivity index (χ4v) is 2.68. The molecule has 1 aliphatic carbocycles. The molecule has 1 heterocycles. The maximum atomic E-state index is 10.6. The van der Waals surface area contributed by atoms with E-state index in [0.717, 1.165) is 6.54 Å². The number of carbonyl (C=O) groups is 1. The van der Waals surface area contributed by atoms with Crippen molar-refractivity contribution in [1.29, 1.82) is 0 Å². The van der Waals surface area contributed by atoms with Gasteiger partial charge >= 0.3 is 5.97 Å². The third kappa shape index (κ3) is 2.95. The van der Waals surface area contributed by atoms with Gasteiger partial charge in [0.1, 0.15) is 11.9 Å². The van der Waals surface area contributed by atoms with Gasteiger partial charge in [0.25, 0.3) is 0 Å². The maximum Gasteiger partial charge on any atom is 0.351 e. The summed E-state index contributed by atoms with van der Waals surface area (Å²) in [5, 5.41) is 12.6. The van der Waals surface area contributed by atoms with Crippen LogP contribution in [0.5, 0.6) is 0 Å². The zero-order valence-corrected chi connectivity index (χ0v) is 10.1. The number of hydrogen-bond donors (Lipinski definition) is 4. The van der Waals surface area contributed by atoms with E-state index in [2.05, 4.69) is 21.4 Å². The van der Waals surface area contributed by atoms with Crippen molar-refractivity contribution in [2.75, 3.05) is 6.54 Å². The van der Waals surface area contributed by atoms with Gasteiger partial charge in [0, 0.05) is 6.54 Å². The molecule has 0 aromatic heterocycles. The van der Waals surface area contributed by atoms with Gasteiger partial charge in [-0.3, -0.25) is 10.9 Å². The number of aliphatic carboxylic acids is 1. The molecule has 0 spiro atoms. The van der Waals surface area contributed by atoms with Crippen LogP contribution in [0.1, 0.15) is 32.6 Å². The number of nitrogens with zero attached hydrogens (tertiary/aromatic N) is 1. The van der Waals surface area contributed by atoms with Crippen LogP contribution in [0.2, 0.25) is 0 Å². The predicted octanol–water partition coefficient (Wildman–Crippen LogP) is 0.277. The van der Waals surface area contributed by atoms with Gasteiger partial charge in [-0.25, -0.2) is 10.2 Å². The third-order valence-corrected chi connectivity index (χ3v) is 3.70. The average Bonchev–Trinajstić information content (AvgIpc) is 2.35. The molecule has 0 aromatic rings. The molecule has 2 rings (SSSR count). The summed E-state index contributed by atoms with van der Waals surface area (Å²) in [5.74, 6) is 0.222. The zero-order valence-electron chi connectivity index (χ0n) is 10.1. The third-order valence-electron chi connectivity index (χ3n) is 3.70. The minimum absolute atomic E-state index is 0.0309. The SMILES string of the molecule is C/C(=N\NC1NNCC2CCCCC21)C(=O)O. The molecule has 2 aliphatic rings. The second-order valence-electron chi connectivity index (χ2n) is 4.84. The van der Waals surface area contributed by atoms with Gasteiger partial charge < -0.3 is 5.11 Å². The quantitative estimate of drug-likeness (QED) is 0.420. The zero-order chi connectivity index (χ0) is 12.3. The van der Waals surface area contributed by atoms with E-state index in [0.29, 0.717) is 11.8 Å². The van der Waals surface area contributed by atoms with Gasteiger partial charge in [0.15, 0.2) is 0 Å². The summed E-state index contributed by atoms with van der Waals surface area (Å²) >= 11 is 0. The van der Waals surface area contributed by atoms with Crippen LogP contribution in [-0.4, -0.2) is 29.5 Å². The Kier molecular flexibility index (Phi) is 3.96. The second kappa shape index (κ2) is 5.46. The topological polar surface area (TPSA) is 85.8 Å². The van der Waals surface area contributed by atoms with Crippen LogP contribution in [0.3, 0.4) is 0 Å². The number of rotatable bonds is 3. The molecule has 4 N–H and O–H groups in total. The summed E-state index contributed by atoms with van der Waals surface area (Å²) in [6, 6.07) is 0. The fourth-order valence-electron chi connectivity index (χ4n) is 2.68. The Bertz CT molecular complexity index is 317. The van der Waals surface area contributed by atoms with Crippen molar-refractivity contribution in [1.82, 2.24) is 16.3 Å². The molecule has 0 aromatic carbocycles. The lowest BCUT2D eigenvalue weighted by molar-refractivity contribution is -0.129. The van der Waals surface area contributed by atoms with E-state index in [1.165, 1.54) is 32.6 Å². The maximum absolute atomic E-state index is 10.6. The molecule has 1 saturated carbocycles. The van der Waals surface area contributed by atoms with Gasteiger partial charge in [-0.05, 0) is 31.6 Å². The van der Waals surface area contributed by atoms with Gasteiger partial charge in [-0.2, -0.15) is 5.10 Å². The molecule has 6 heteroatoms. The number of nitrogens with one attached hydrogen (secondary N) is 3. The molecular formula is C11H20N4O2. The molecule has 1 saturated heterocycles. The molecular weight excluding hydrogens is 220 g/mol. The van der Waals surface area contributed by atoms with E-state index in [1.54, 1.807) is 0 Å². The Labute approximate surface area is 101 Å². The van der Waals surface area contributed by atoms with Crippen LogP contribution >= 0.6 is 0 Å². The molecule has 2 fully saturated rings. The molecule has 0 amide bonds. The molecule has 0 bridgehead atoms. The average molecular weight is 240 g/mol. The molecule has 96 valence electrons. The second-order valence-corrected chi connectivity index (χ2v) is 4.84. The van der Waals surface area contributed by atoms with Crippen molar-refractivity contribution in [3.8, 4) is 0 Å². The first kappa shape index (κ1) is 12.3. The Morgan fingerprint density at radius 2 is 2.18 bits per heavy atom. The summed E-state index contributed by atoms with van der Waals surface area (Å²) in [7, 11) is 0. The van der Waals surface area contributed by atoms with Crippen molar-refractivity contribution >= 4 is 11.7 Å². The van der Waals surface area contributed by atoms with Crippen molar-refractivity contribution in [2.45, 2.75) is 38.8 Å². The van der Waals surface area contributed by atoms with Crippen LogP contribution in [0, 0.1) is 11.8 Å². The lowest BCUT2D eigenvalue weighted by atomic mass is 9.77. The highest BCUT2D eigenvalue weighted by Crippen LogP contribution is 2.32. The highest BCUT2D eigenvalue weighted by Gasteiger charge is 2.34. The lowest BCUT2D eigenvalue weighted by Gasteiger charge is -2.41. The Morgan fingerprint density at radius 3 is 2.94 bits per heavy atom. The van der Waals surface area contributed by atoms with E-state index in [-0.39, 0.29) is 11.9 Å². The molecule has 1 aliphatic heterocycles. The molecule has 3 atom stereocenters. The van der Waals surface area contributed by atoms with Crippen LogP contribution in [0.25, 0.3) is 0 Å². The van der Waals surface area contributed by atoms with Gasteiger partial charge in [-0.15, -0.1) is 0 Å². The summed E-state index contributed by atoms with van der Waals surface area (Å²) in [4.78, 5) is 10.6. The van der Waals surface area contributed by atoms with E-state index in [1.807, 2.05) is 0 Å². The number of hydrazone groups is 1. The molecule has 3 unspecified atom stereocenters. The van der Waals surface area contributed by atoms with E-state index >= 15 is 0 Å². The normalized spacial score (nSPS) is 33.9. The Morgan fingerprint density at radius 1 is 1.41 bits per heavy atom. The Hall–Kier alpha value is -1.14. The largest absolute Gasteiger partial charge is 0.477 e. The molecule has 17 heavy (non-hydrogen) atoms. The summed E-state index contributed by atoms with van der Waals surface area (Å²) in [6.45, 7) is 2.48. The molecule has 6 nitrogen and oxygen atoms in total. The summed E-state index contributed by atoms with van der Waals surface area (Å²) in [5.41, 5.74) is 9.33. The van der Waals surface area contributed by atoms with Crippen molar-refractivity contribution in [3.63, 3.8) is 0 Å². The van der Waals surface area contributed by atoms with E-state index in [9.17, 15) is 4.79 Å². The van der Waals surface area contributed by atoms with Gasteiger partial charge in [0.05, 0.1) is 0 Å². The van der Waals surface area contributed by atoms with Crippen LogP contribution in [0.4, 0.5) is 0 Å². The number of fused-ring (bicyclic) bond motifs is 1. The standard InChI is InChI=1S/C11H20N4O2/c1-7(11(16)17)13-15-10-9-5-3-2-4-8(9)6-12-14-10/h8-10,12,14-15H,2-6H2,1H3,(H,16,17)/b13-7+. The van der Waals surface area contributed by atoms with Crippen molar-refractivity contribution < 1.29 is 9.90 Å². The lowest BCUT2D eigenvalue weighted by Crippen LogP contribution is -2.61. The minimum atomic E-state index is -0.985. The van der Waals surface area contributed by atoms with E-state index < -0.39 is 5.97 Å². The predicted molar refractivity (Wildman–Crippen MR) is 64.3 cm³/mol. The highest BCUT2D eigenvalue weighted by molar-refractivity contribution is 6.34. The summed E-state index contributed by atoms with van der Waals surface area (Å²) < 4.78 is 0. The van der Waals surface area contributed by atoms with Crippen LogP contribution in [0.15, 0.2) is 5.10 Å². The van der Waals surface area contributed by atoms with Gasteiger partial charge in [-0.1, -0.05) is 12.8 Å². The monoisotopic (exact) mass is 240 g/mol. The number of hydrogen-bond acceptors (Lipinski definition) is 5. The fraction of sp³-hybridized carbons (Fsp3) is 0.818. The first-order valence-electron chi connectivity index (χ1n) is 6.20. The van der Waals surface area contributed by atoms with E-state index in [4.69, 9.17) is 5.11 Å². The van der Waals surface area contributed by atoms with Crippen LogP contribution < -0.4 is 16.3 Å². The number of hydrazine groups is 1. The van der Waals surface area contributed by atoms with Gasteiger partial charge in [0.2, 0.25) is 0 Å².